The molecule has 2 N–H and O–H groups in total. The van der Waals surface area contributed by atoms with Gasteiger partial charge in [0.1, 0.15) is 6.04 Å². The largest absolute Gasteiger partial charge is 0.490 e. The van der Waals surface area contributed by atoms with E-state index in [1.807, 2.05) is 32.0 Å². The summed E-state index contributed by atoms with van der Waals surface area (Å²) in [6.07, 6.45) is 2.74. The topological polar surface area (TPSA) is 93.7 Å². The molecule has 32 heavy (non-hydrogen) atoms. The van der Waals surface area contributed by atoms with Gasteiger partial charge in [0.2, 0.25) is 15.9 Å². The molecule has 4 rings (SSSR count). The van der Waals surface area contributed by atoms with Crippen molar-refractivity contribution >= 4 is 15.9 Å². The van der Waals surface area contributed by atoms with E-state index in [0.717, 1.165) is 19.3 Å². The zero-order valence-corrected chi connectivity index (χ0v) is 19.3. The summed E-state index contributed by atoms with van der Waals surface area (Å²) < 4.78 is 39.9. The van der Waals surface area contributed by atoms with Crippen LogP contribution >= 0.6 is 0 Å². The van der Waals surface area contributed by atoms with Crippen molar-refractivity contribution in [3.05, 3.63) is 54.1 Å². The number of benzene rings is 2. The molecule has 0 radical (unpaired) electrons. The lowest BCUT2D eigenvalue weighted by molar-refractivity contribution is -0.123. The van der Waals surface area contributed by atoms with Crippen LogP contribution in [0.1, 0.15) is 38.7 Å². The van der Waals surface area contributed by atoms with E-state index in [-0.39, 0.29) is 22.1 Å². The van der Waals surface area contributed by atoms with Crippen LogP contribution < -0.4 is 19.5 Å². The van der Waals surface area contributed by atoms with Crippen molar-refractivity contribution in [1.29, 1.82) is 0 Å². The molecule has 1 amide bonds. The molecule has 1 unspecified atom stereocenters. The fraction of sp³-hybridized carbons (Fsp3) is 0.458. The lowest BCUT2D eigenvalue weighted by atomic mass is 9.95. The highest BCUT2D eigenvalue weighted by molar-refractivity contribution is 7.89. The minimum absolute atomic E-state index is 0.0446. The molecule has 2 aliphatic rings. The Hall–Kier alpha value is -2.58. The normalized spacial score (nSPS) is 18.0. The maximum absolute atomic E-state index is 13.1. The summed E-state index contributed by atoms with van der Waals surface area (Å²) in [5.74, 6) is 0.377. The van der Waals surface area contributed by atoms with Crippen LogP contribution in [0.5, 0.6) is 11.5 Å². The van der Waals surface area contributed by atoms with Crippen molar-refractivity contribution in [1.82, 2.24) is 10.0 Å². The first-order valence-electron chi connectivity index (χ1n) is 11.1. The van der Waals surface area contributed by atoms with Crippen molar-refractivity contribution in [3.8, 4) is 11.5 Å². The number of hydrogen-bond acceptors (Lipinski definition) is 5. The summed E-state index contributed by atoms with van der Waals surface area (Å²) in [5.41, 5.74) is 1.15. The van der Waals surface area contributed by atoms with Gasteiger partial charge in [-0.05, 0) is 36.5 Å². The second-order valence-corrected chi connectivity index (χ2v) is 10.6. The molecule has 0 bridgehead atoms. The third-order valence-electron chi connectivity index (χ3n) is 6.10. The average molecular weight is 459 g/mol. The second kappa shape index (κ2) is 9.11. The number of amides is 1. The van der Waals surface area contributed by atoms with Gasteiger partial charge >= 0.3 is 0 Å². The molecule has 1 fully saturated rings. The van der Waals surface area contributed by atoms with Gasteiger partial charge in [0.05, 0.1) is 18.1 Å². The maximum Gasteiger partial charge on any atom is 0.241 e. The number of fused-ring (bicyclic) bond motifs is 1. The van der Waals surface area contributed by atoms with E-state index in [1.165, 1.54) is 17.7 Å². The summed E-state index contributed by atoms with van der Waals surface area (Å²) >= 11 is 0. The first kappa shape index (κ1) is 22.6. The van der Waals surface area contributed by atoms with Crippen LogP contribution in [0.4, 0.5) is 0 Å². The highest BCUT2D eigenvalue weighted by Gasteiger charge is 2.44. The zero-order valence-electron chi connectivity index (χ0n) is 18.5. The van der Waals surface area contributed by atoms with E-state index in [4.69, 9.17) is 9.47 Å². The van der Waals surface area contributed by atoms with Crippen LogP contribution in [0.15, 0.2) is 53.4 Å². The van der Waals surface area contributed by atoms with Gasteiger partial charge in [0.25, 0.3) is 0 Å². The van der Waals surface area contributed by atoms with Crippen LogP contribution in [0.25, 0.3) is 0 Å². The summed E-state index contributed by atoms with van der Waals surface area (Å²) in [6.45, 7) is 5.13. The predicted octanol–water partition coefficient (Wildman–Crippen LogP) is 3.00. The summed E-state index contributed by atoms with van der Waals surface area (Å²) in [5, 5.41) is 2.99. The third kappa shape index (κ3) is 4.91. The van der Waals surface area contributed by atoms with Crippen LogP contribution in [0.2, 0.25) is 0 Å². The van der Waals surface area contributed by atoms with Gasteiger partial charge < -0.3 is 14.8 Å². The molecule has 8 heteroatoms. The van der Waals surface area contributed by atoms with E-state index >= 15 is 0 Å². The molecule has 0 saturated heterocycles. The number of carbonyl (C=O) groups is 1. The molecule has 0 aromatic heterocycles. The number of sulfonamides is 1. The summed E-state index contributed by atoms with van der Waals surface area (Å²) in [6, 6.07) is 13.7. The van der Waals surface area contributed by atoms with E-state index in [1.54, 1.807) is 6.07 Å². The molecular formula is C24H30N2O5S. The number of ether oxygens (including phenoxy) is 2. The Morgan fingerprint density at radius 2 is 1.72 bits per heavy atom. The van der Waals surface area contributed by atoms with E-state index in [2.05, 4.69) is 22.2 Å². The Morgan fingerprint density at radius 1 is 1.03 bits per heavy atom. The average Bonchev–Trinajstić information content (AvgIpc) is 3.60. The fourth-order valence-corrected chi connectivity index (χ4v) is 5.27. The smallest absolute Gasteiger partial charge is 0.241 e. The first-order valence-corrected chi connectivity index (χ1v) is 12.5. The Morgan fingerprint density at radius 3 is 2.38 bits per heavy atom. The van der Waals surface area contributed by atoms with Crippen LogP contribution in [0.3, 0.4) is 0 Å². The Balaban J connectivity index is 1.46. The van der Waals surface area contributed by atoms with Gasteiger partial charge in [-0.15, -0.1) is 0 Å². The van der Waals surface area contributed by atoms with Gasteiger partial charge in [-0.3, -0.25) is 4.79 Å². The number of hydrogen-bond donors (Lipinski definition) is 2. The second-order valence-electron chi connectivity index (χ2n) is 8.87. The van der Waals surface area contributed by atoms with Gasteiger partial charge in [-0.25, -0.2) is 8.42 Å². The highest BCUT2D eigenvalue weighted by Crippen LogP contribution is 2.47. The van der Waals surface area contributed by atoms with Crippen molar-refractivity contribution in [2.24, 2.45) is 5.92 Å². The van der Waals surface area contributed by atoms with E-state index < -0.39 is 16.1 Å². The van der Waals surface area contributed by atoms with Gasteiger partial charge in [-0.2, -0.15) is 4.72 Å². The quantitative estimate of drug-likeness (QED) is 0.634. The number of nitrogens with one attached hydrogen (secondary N) is 2. The molecule has 2 aromatic rings. The van der Waals surface area contributed by atoms with E-state index in [9.17, 15) is 13.2 Å². The van der Waals surface area contributed by atoms with Crippen molar-refractivity contribution in [3.63, 3.8) is 0 Å². The fourth-order valence-electron chi connectivity index (χ4n) is 3.91. The van der Waals surface area contributed by atoms with Gasteiger partial charge in [0.15, 0.2) is 11.5 Å². The molecule has 1 heterocycles. The Labute approximate surface area is 189 Å². The third-order valence-corrected chi connectivity index (χ3v) is 7.54. The standard InChI is InChI=1S/C24H30N2O5S/c1-17(2)22(23(27)25-16-24(11-12-24)18-7-4-3-5-8-18)26-32(28,29)19-9-10-20-21(15-19)31-14-6-13-30-20/h3-5,7-10,15,17,22,26H,6,11-14,16H2,1-2H3,(H,25,27). The molecule has 1 aliphatic carbocycles. The van der Waals surface area contributed by atoms with Crippen LogP contribution in [-0.2, 0) is 20.2 Å². The predicted molar refractivity (Wildman–Crippen MR) is 121 cm³/mol. The SMILES string of the molecule is CC(C)C(NS(=O)(=O)c1ccc2c(c1)OCCCO2)C(=O)NCC1(c2ccccc2)CC1. The minimum atomic E-state index is -3.93. The molecule has 2 aromatic carbocycles. The molecule has 0 spiro atoms. The first-order chi connectivity index (χ1) is 15.3. The van der Waals surface area contributed by atoms with Crippen LogP contribution in [-0.4, -0.2) is 40.1 Å². The molecule has 1 aliphatic heterocycles. The molecule has 1 saturated carbocycles. The number of carbonyl (C=O) groups excluding carboxylic acids is 1. The van der Waals surface area contributed by atoms with Gasteiger partial charge in [-0.1, -0.05) is 44.2 Å². The Bertz CT molecular complexity index is 1070. The van der Waals surface area contributed by atoms with Gasteiger partial charge in [0, 0.05) is 24.4 Å². The molecule has 172 valence electrons. The van der Waals surface area contributed by atoms with Crippen molar-refractivity contribution < 1.29 is 22.7 Å². The monoisotopic (exact) mass is 458 g/mol. The van der Waals surface area contributed by atoms with E-state index in [0.29, 0.717) is 31.3 Å². The minimum Gasteiger partial charge on any atom is -0.490 e. The molecule has 1 atom stereocenters. The van der Waals surface area contributed by atoms with Crippen molar-refractivity contribution in [2.75, 3.05) is 19.8 Å². The van der Waals surface area contributed by atoms with Crippen LogP contribution in [0, 0.1) is 5.92 Å². The summed E-state index contributed by atoms with van der Waals surface area (Å²) in [4.78, 5) is 13.0. The molecule has 7 nitrogen and oxygen atoms in total. The Kier molecular flexibility index (Phi) is 6.44. The lowest BCUT2D eigenvalue weighted by Gasteiger charge is -2.24. The molecular weight excluding hydrogens is 428 g/mol. The van der Waals surface area contributed by atoms with Crippen molar-refractivity contribution in [2.45, 2.75) is 49.5 Å². The lowest BCUT2D eigenvalue weighted by Crippen LogP contribution is -2.50. The highest BCUT2D eigenvalue weighted by atomic mass is 32.2. The maximum atomic E-state index is 13.1. The summed E-state index contributed by atoms with van der Waals surface area (Å²) in [7, 11) is -3.93. The number of rotatable bonds is 8. The zero-order chi connectivity index (χ0) is 22.8.